The molecule has 1 atom stereocenters. The Kier molecular flexibility index (Phi) is 6.76. The average Bonchev–Trinajstić information content (AvgIpc) is 3.22. The fraction of sp³-hybridized carbons (Fsp3) is 0.368. The highest BCUT2D eigenvalue weighted by Crippen LogP contribution is 2.25. The maximum Gasteiger partial charge on any atom is 0.251 e. The largest absolute Gasteiger partial charge is 0.379 e. The van der Waals surface area contributed by atoms with Gasteiger partial charge in [-0.05, 0) is 23.6 Å². The second kappa shape index (κ2) is 9.47. The minimum Gasteiger partial charge on any atom is -0.379 e. The first-order chi connectivity index (χ1) is 12.7. The molecule has 138 valence electrons. The van der Waals surface area contributed by atoms with Crippen molar-refractivity contribution in [3.05, 3.63) is 58.3 Å². The van der Waals surface area contributed by atoms with E-state index in [9.17, 15) is 9.59 Å². The van der Waals surface area contributed by atoms with Crippen molar-refractivity contribution in [1.82, 2.24) is 15.5 Å². The number of ether oxygens (including phenoxy) is 1. The van der Waals surface area contributed by atoms with E-state index in [0.29, 0.717) is 25.3 Å². The van der Waals surface area contributed by atoms with Crippen molar-refractivity contribution in [3.63, 3.8) is 0 Å². The number of carbonyl (C=O) groups excluding carboxylic acids is 2. The number of hydrogen-bond acceptors (Lipinski definition) is 5. The zero-order valence-corrected chi connectivity index (χ0v) is 15.3. The molecule has 1 saturated heterocycles. The molecule has 1 aromatic heterocycles. The van der Waals surface area contributed by atoms with Gasteiger partial charge in [-0.3, -0.25) is 14.5 Å². The average molecular weight is 373 g/mol. The van der Waals surface area contributed by atoms with E-state index in [-0.39, 0.29) is 24.4 Å². The number of hydrogen-bond donors (Lipinski definition) is 2. The van der Waals surface area contributed by atoms with E-state index in [1.54, 1.807) is 35.6 Å². The number of nitrogens with one attached hydrogen (secondary N) is 2. The van der Waals surface area contributed by atoms with Gasteiger partial charge in [0.25, 0.3) is 5.91 Å². The zero-order chi connectivity index (χ0) is 18.2. The predicted molar refractivity (Wildman–Crippen MR) is 101 cm³/mol. The number of thiophene rings is 1. The van der Waals surface area contributed by atoms with Crippen LogP contribution in [0.4, 0.5) is 0 Å². The number of nitrogens with zero attached hydrogens (tertiary/aromatic N) is 1. The van der Waals surface area contributed by atoms with Gasteiger partial charge in [0.1, 0.15) is 0 Å². The van der Waals surface area contributed by atoms with Crippen molar-refractivity contribution < 1.29 is 14.3 Å². The van der Waals surface area contributed by atoms with Crippen molar-refractivity contribution in [3.8, 4) is 0 Å². The summed E-state index contributed by atoms with van der Waals surface area (Å²) in [5.74, 6) is -0.437. The molecule has 7 heteroatoms. The number of carbonyl (C=O) groups is 2. The first-order valence-electron chi connectivity index (χ1n) is 8.69. The van der Waals surface area contributed by atoms with Crippen LogP contribution in [0.15, 0.2) is 47.8 Å². The molecule has 2 aromatic rings. The molecule has 1 fully saturated rings. The highest BCUT2D eigenvalue weighted by Gasteiger charge is 2.23. The van der Waals surface area contributed by atoms with E-state index >= 15 is 0 Å². The third kappa shape index (κ3) is 5.14. The summed E-state index contributed by atoms with van der Waals surface area (Å²) in [6.45, 7) is 3.60. The van der Waals surface area contributed by atoms with Crippen LogP contribution in [0.25, 0.3) is 0 Å². The summed E-state index contributed by atoms with van der Waals surface area (Å²) < 4.78 is 5.43. The van der Waals surface area contributed by atoms with Gasteiger partial charge in [-0.1, -0.05) is 24.3 Å². The van der Waals surface area contributed by atoms with Crippen LogP contribution in [0.3, 0.4) is 0 Å². The van der Waals surface area contributed by atoms with Gasteiger partial charge in [0.05, 0.1) is 25.8 Å². The molecule has 6 nitrogen and oxygen atoms in total. The van der Waals surface area contributed by atoms with Crippen LogP contribution in [-0.2, 0) is 9.53 Å². The molecule has 0 spiro atoms. The molecule has 1 aliphatic rings. The van der Waals surface area contributed by atoms with E-state index in [0.717, 1.165) is 13.1 Å². The lowest BCUT2D eigenvalue weighted by Gasteiger charge is -2.34. The quantitative estimate of drug-likeness (QED) is 0.775. The molecule has 1 aliphatic heterocycles. The first kappa shape index (κ1) is 18.6. The second-order valence-corrected chi connectivity index (χ2v) is 7.01. The molecule has 0 unspecified atom stereocenters. The van der Waals surface area contributed by atoms with Crippen LogP contribution in [0.2, 0.25) is 0 Å². The van der Waals surface area contributed by atoms with E-state index in [2.05, 4.69) is 21.6 Å². The zero-order valence-electron chi connectivity index (χ0n) is 14.5. The minimum absolute atomic E-state index is 0.0337. The summed E-state index contributed by atoms with van der Waals surface area (Å²) in [4.78, 5) is 27.7. The molecule has 2 N–H and O–H groups in total. The number of rotatable bonds is 7. The summed E-state index contributed by atoms with van der Waals surface area (Å²) in [6, 6.07) is 13.1. The monoisotopic (exact) mass is 373 g/mol. The Morgan fingerprint density at radius 3 is 2.54 bits per heavy atom. The molecule has 26 heavy (non-hydrogen) atoms. The van der Waals surface area contributed by atoms with Gasteiger partial charge >= 0.3 is 0 Å². The van der Waals surface area contributed by atoms with Gasteiger partial charge in [0, 0.05) is 30.1 Å². The normalized spacial score (nSPS) is 16.0. The Bertz CT molecular complexity index is 700. The van der Waals surface area contributed by atoms with E-state index in [4.69, 9.17) is 4.74 Å². The summed E-state index contributed by atoms with van der Waals surface area (Å²) in [6.07, 6.45) is 0. The van der Waals surface area contributed by atoms with Gasteiger partial charge in [0.2, 0.25) is 5.91 Å². The first-order valence-corrected chi connectivity index (χ1v) is 9.57. The molecule has 0 bridgehead atoms. The Balaban J connectivity index is 1.50. The third-order valence-corrected chi connectivity index (χ3v) is 5.27. The summed E-state index contributed by atoms with van der Waals surface area (Å²) in [7, 11) is 0. The lowest BCUT2D eigenvalue weighted by atomic mass is 10.2. The number of morpholine rings is 1. The standard InChI is InChI=1S/C19H23N3O3S/c23-18(14-21-19(24)15-5-2-1-3-6-15)20-13-16(17-7-4-12-26-17)22-8-10-25-11-9-22/h1-7,12,16H,8-11,13-14H2,(H,20,23)(H,21,24)/t16-/m1/s1. The molecule has 1 aromatic carbocycles. The lowest BCUT2D eigenvalue weighted by Crippen LogP contribution is -2.45. The van der Waals surface area contributed by atoms with Crippen LogP contribution in [0.1, 0.15) is 21.3 Å². The molecular formula is C19H23N3O3S. The van der Waals surface area contributed by atoms with Crippen molar-refractivity contribution in [1.29, 1.82) is 0 Å². The maximum atomic E-state index is 12.2. The van der Waals surface area contributed by atoms with Gasteiger partial charge in [-0.15, -0.1) is 11.3 Å². The molecule has 0 saturated carbocycles. The maximum absolute atomic E-state index is 12.2. The summed E-state index contributed by atoms with van der Waals surface area (Å²) in [5, 5.41) is 7.65. The number of benzene rings is 1. The van der Waals surface area contributed by atoms with Crippen molar-refractivity contribution in [2.45, 2.75) is 6.04 Å². The Morgan fingerprint density at radius 2 is 1.85 bits per heavy atom. The van der Waals surface area contributed by atoms with Crippen molar-refractivity contribution in [2.75, 3.05) is 39.4 Å². The van der Waals surface area contributed by atoms with Gasteiger partial charge in [0.15, 0.2) is 0 Å². The van der Waals surface area contributed by atoms with E-state index in [1.807, 2.05) is 17.5 Å². The Morgan fingerprint density at radius 1 is 1.08 bits per heavy atom. The van der Waals surface area contributed by atoms with Gasteiger partial charge < -0.3 is 15.4 Å². The molecule has 2 amide bonds. The van der Waals surface area contributed by atoms with Crippen molar-refractivity contribution >= 4 is 23.2 Å². The summed E-state index contributed by atoms with van der Waals surface area (Å²) in [5.41, 5.74) is 0.546. The molecule has 3 rings (SSSR count). The third-order valence-electron chi connectivity index (χ3n) is 4.30. The molecule has 0 aliphatic carbocycles. The van der Waals surface area contributed by atoms with Crippen LogP contribution in [0, 0.1) is 0 Å². The molecule has 0 radical (unpaired) electrons. The fourth-order valence-corrected chi connectivity index (χ4v) is 3.77. The van der Waals surface area contributed by atoms with Crippen molar-refractivity contribution in [2.24, 2.45) is 0 Å². The minimum atomic E-state index is -0.247. The number of amides is 2. The Hall–Kier alpha value is -2.22. The van der Waals surface area contributed by atoms with Gasteiger partial charge in [-0.2, -0.15) is 0 Å². The fourth-order valence-electron chi connectivity index (χ4n) is 2.90. The Labute approximate surface area is 157 Å². The highest BCUT2D eigenvalue weighted by molar-refractivity contribution is 7.10. The van der Waals surface area contributed by atoms with Crippen LogP contribution in [0.5, 0.6) is 0 Å². The second-order valence-electron chi connectivity index (χ2n) is 6.03. The SMILES string of the molecule is O=C(CNC(=O)c1ccccc1)NC[C@H](c1cccs1)N1CCOCC1. The summed E-state index contributed by atoms with van der Waals surface area (Å²) >= 11 is 1.69. The van der Waals surface area contributed by atoms with Crippen LogP contribution in [-0.4, -0.2) is 56.1 Å². The molecule has 2 heterocycles. The molecular weight excluding hydrogens is 350 g/mol. The van der Waals surface area contributed by atoms with Crippen LogP contribution < -0.4 is 10.6 Å². The lowest BCUT2D eigenvalue weighted by molar-refractivity contribution is -0.120. The van der Waals surface area contributed by atoms with Gasteiger partial charge in [-0.25, -0.2) is 0 Å². The highest BCUT2D eigenvalue weighted by atomic mass is 32.1. The predicted octanol–water partition coefficient (Wildman–Crippen LogP) is 1.67. The van der Waals surface area contributed by atoms with E-state index in [1.165, 1.54) is 4.88 Å². The van der Waals surface area contributed by atoms with Crippen LogP contribution >= 0.6 is 11.3 Å². The van der Waals surface area contributed by atoms with E-state index < -0.39 is 0 Å². The topological polar surface area (TPSA) is 70.7 Å². The smallest absolute Gasteiger partial charge is 0.251 e.